The second-order valence-corrected chi connectivity index (χ2v) is 7.21. The van der Waals surface area contributed by atoms with Crippen molar-refractivity contribution in [2.75, 3.05) is 31.6 Å². The van der Waals surface area contributed by atoms with Gasteiger partial charge in [-0.05, 0) is 37.8 Å². The van der Waals surface area contributed by atoms with Gasteiger partial charge < -0.3 is 15.4 Å². The van der Waals surface area contributed by atoms with E-state index in [-0.39, 0.29) is 18.0 Å². The number of aromatic nitrogens is 2. The quantitative estimate of drug-likeness (QED) is 0.831. The Morgan fingerprint density at radius 1 is 1.35 bits per heavy atom. The van der Waals surface area contributed by atoms with Gasteiger partial charge in [-0.15, -0.1) is 0 Å². The number of nitrogens with one attached hydrogen (secondary N) is 1. The summed E-state index contributed by atoms with van der Waals surface area (Å²) < 4.78 is 22.0. The van der Waals surface area contributed by atoms with Crippen molar-refractivity contribution in [1.82, 2.24) is 9.55 Å². The highest BCUT2D eigenvalue weighted by atomic mass is 19.1. The highest BCUT2D eigenvalue weighted by Gasteiger charge is 2.32. The Morgan fingerprint density at radius 3 is 2.73 bits per heavy atom. The predicted octanol–water partition coefficient (Wildman–Crippen LogP) is 1.10. The fourth-order valence-electron chi connectivity index (χ4n) is 3.99. The molecule has 2 aliphatic rings. The van der Waals surface area contributed by atoms with Gasteiger partial charge in [-0.3, -0.25) is 14.3 Å². The molecule has 1 atom stereocenters. The summed E-state index contributed by atoms with van der Waals surface area (Å²) in [5.74, 6) is -0.154. The first-order valence-corrected chi connectivity index (χ1v) is 8.99. The molecule has 26 heavy (non-hydrogen) atoms. The van der Waals surface area contributed by atoms with Crippen LogP contribution in [0.4, 0.5) is 10.1 Å². The minimum Gasteiger partial charge on any atom is -0.380 e. The summed E-state index contributed by atoms with van der Waals surface area (Å²) in [6, 6.07) is 1.29. The summed E-state index contributed by atoms with van der Waals surface area (Å²) >= 11 is 0. The molecule has 140 valence electrons. The molecule has 0 amide bonds. The zero-order valence-corrected chi connectivity index (χ0v) is 14.8. The number of hydrogen-bond donors (Lipinski definition) is 2. The van der Waals surface area contributed by atoms with Gasteiger partial charge in [-0.25, -0.2) is 9.18 Å². The summed E-state index contributed by atoms with van der Waals surface area (Å²) in [4.78, 5) is 29.1. The molecular formula is C18H23FN4O3. The second kappa shape index (κ2) is 6.51. The van der Waals surface area contributed by atoms with Crippen LogP contribution in [0.3, 0.4) is 0 Å². The van der Waals surface area contributed by atoms with Gasteiger partial charge in [0.15, 0.2) is 0 Å². The van der Waals surface area contributed by atoms with Crippen LogP contribution in [0.5, 0.6) is 0 Å². The van der Waals surface area contributed by atoms with Gasteiger partial charge in [0, 0.05) is 31.8 Å². The third kappa shape index (κ3) is 2.73. The fourth-order valence-corrected chi connectivity index (χ4v) is 3.99. The Morgan fingerprint density at radius 2 is 2.12 bits per heavy atom. The van der Waals surface area contributed by atoms with Crippen molar-refractivity contribution in [3.05, 3.63) is 38.3 Å². The highest BCUT2D eigenvalue weighted by Crippen LogP contribution is 2.39. The van der Waals surface area contributed by atoms with Gasteiger partial charge in [0.05, 0.1) is 23.2 Å². The van der Waals surface area contributed by atoms with Crippen molar-refractivity contribution >= 4 is 16.6 Å². The number of aromatic amines is 1. The minimum atomic E-state index is -0.564. The summed E-state index contributed by atoms with van der Waals surface area (Å²) in [5.41, 5.74) is 6.25. The summed E-state index contributed by atoms with van der Waals surface area (Å²) in [7, 11) is 1.53. The van der Waals surface area contributed by atoms with Crippen molar-refractivity contribution in [1.29, 1.82) is 0 Å². The third-order valence-electron chi connectivity index (χ3n) is 5.38. The molecule has 0 bridgehead atoms. The van der Waals surface area contributed by atoms with Crippen LogP contribution in [0, 0.1) is 11.7 Å². The topological polar surface area (TPSA) is 93.3 Å². The third-order valence-corrected chi connectivity index (χ3v) is 5.38. The summed E-state index contributed by atoms with van der Waals surface area (Å²) in [6.45, 7) is 2.03. The predicted molar refractivity (Wildman–Crippen MR) is 97.1 cm³/mol. The Labute approximate surface area is 149 Å². The lowest BCUT2D eigenvalue weighted by Gasteiger charge is -2.25. The normalized spacial score (nSPS) is 20.3. The molecule has 0 spiro atoms. The van der Waals surface area contributed by atoms with Crippen LogP contribution in [0.25, 0.3) is 10.9 Å². The minimum absolute atomic E-state index is 0.0473. The number of nitrogens with two attached hydrogens (primary N) is 1. The van der Waals surface area contributed by atoms with Crippen molar-refractivity contribution in [2.45, 2.75) is 31.9 Å². The maximum atomic E-state index is 15.0. The molecule has 2 aromatic rings. The van der Waals surface area contributed by atoms with Crippen LogP contribution < -0.4 is 21.9 Å². The standard InChI is InChI=1S/C18H23FN4O3/c1-26-9-13-15-12(17(24)21-18(25)23(15)11-2-3-11)6-14(19)16(13)22-5-4-10(7-20)8-22/h6,10-11H,2-5,7-9,20H2,1H3,(H,21,24,25). The van der Waals surface area contributed by atoms with Gasteiger partial charge in [0.2, 0.25) is 0 Å². The molecule has 1 aromatic heterocycles. The molecule has 0 radical (unpaired) electrons. The van der Waals surface area contributed by atoms with Crippen LogP contribution in [0.2, 0.25) is 0 Å². The van der Waals surface area contributed by atoms with Crippen molar-refractivity contribution in [2.24, 2.45) is 11.7 Å². The number of benzene rings is 1. The van der Waals surface area contributed by atoms with E-state index in [1.165, 1.54) is 13.2 Å². The van der Waals surface area contributed by atoms with Crippen molar-refractivity contribution < 1.29 is 9.13 Å². The lowest BCUT2D eigenvalue weighted by molar-refractivity contribution is 0.185. The number of anilines is 1. The molecule has 8 heteroatoms. The van der Waals surface area contributed by atoms with Crippen LogP contribution in [0.15, 0.2) is 15.7 Å². The molecule has 2 fully saturated rings. The van der Waals surface area contributed by atoms with Crippen molar-refractivity contribution in [3.63, 3.8) is 0 Å². The number of nitrogens with zero attached hydrogens (tertiary/aromatic N) is 2. The van der Waals surface area contributed by atoms with Gasteiger partial charge in [0.25, 0.3) is 5.56 Å². The molecule has 1 unspecified atom stereocenters. The Kier molecular flexibility index (Phi) is 4.32. The maximum absolute atomic E-state index is 15.0. The zero-order chi connectivity index (χ0) is 18.4. The van der Waals surface area contributed by atoms with Crippen LogP contribution in [-0.4, -0.2) is 36.3 Å². The Hall–Kier alpha value is -2.19. The molecule has 3 N–H and O–H groups in total. The Bertz CT molecular complexity index is 964. The van der Waals surface area contributed by atoms with E-state index in [1.54, 1.807) is 4.57 Å². The number of hydrogen-bond acceptors (Lipinski definition) is 5. The molecule has 4 rings (SSSR count). The van der Waals surface area contributed by atoms with E-state index in [0.29, 0.717) is 42.3 Å². The van der Waals surface area contributed by atoms with Crippen LogP contribution in [-0.2, 0) is 11.3 Å². The largest absolute Gasteiger partial charge is 0.380 e. The molecule has 1 aliphatic carbocycles. The van der Waals surface area contributed by atoms with Gasteiger partial charge in [0.1, 0.15) is 5.82 Å². The zero-order valence-electron chi connectivity index (χ0n) is 14.8. The van der Waals surface area contributed by atoms with Crippen molar-refractivity contribution in [3.8, 4) is 0 Å². The fraction of sp³-hybridized carbons (Fsp3) is 0.556. The lowest BCUT2D eigenvalue weighted by atomic mass is 10.1. The number of halogens is 1. The van der Waals surface area contributed by atoms with Crippen LogP contribution >= 0.6 is 0 Å². The first kappa shape index (κ1) is 17.2. The SMILES string of the molecule is COCc1c(N2CCC(CN)C2)c(F)cc2c(=O)[nH]c(=O)n(C3CC3)c12. The van der Waals surface area contributed by atoms with Gasteiger partial charge in [-0.2, -0.15) is 0 Å². The van der Waals surface area contributed by atoms with E-state index in [0.717, 1.165) is 19.3 Å². The van der Waals surface area contributed by atoms with E-state index < -0.39 is 17.1 Å². The van der Waals surface area contributed by atoms with E-state index in [1.807, 2.05) is 4.90 Å². The monoisotopic (exact) mass is 362 g/mol. The number of methoxy groups -OCH3 is 1. The molecule has 1 saturated heterocycles. The van der Waals surface area contributed by atoms with Gasteiger partial charge in [-0.1, -0.05) is 0 Å². The van der Waals surface area contributed by atoms with Gasteiger partial charge >= 0.3 is 5.69 Å². The molecule has 1 saturated carbocycles. The smallest absolute Gasteiger partial charge is 0.329 e. The molecular weight excluding hydrogens is 339 g/mol. The summed E-state index contributed by atoms with van der Waals surface area (Å²) in [5, 5.41) is 0.194. The molecule has 7 nitrogen and oxygen atoms in total. The first-order chi connectivity index (χ1) is 12.5. The lowest BCUT2D eigenvalue weighted by Crippen LogP contribution is -2.32. The average molecular weight is 362 g/mol. The molecule has 1 aromatic carbocycles. The average Bonchev–Trinajstić information content (AvgIpc) is 3.33. The Balaban J connectivity index is 2.02. The van der Waals surface area contributed by atoms with E-state index in [4.69, 9.17) is 10.5 Å². The number of ether oxygens (including phenoxy) is 1. The maximum Gasteiger partial charge on any atom is 0.329 e. The first-order valence-electron chi connectivity index (χ1n) is 8.99. The van der Waals surface area contributed by atoms with Crippen LogP contribution in [0.1, 0.15) is 30.9 Å². The van der Waals surface area contributed by atoms with E-state index >= 15 is 4.39 Å². The number of rotatable bonds is 5. The molecule has 2 heterocycles. The second-order valence-electron chi connectivity index (χ2n) is 7.21. The highest BCUT2D eigenvalue weighted by molar-refractivity contribution is 5.87. The summed E-state index contributed by atoms with van der Waals surface area (Å²) in [6.07, 6.45) is 2.64. The number of fused-ring (bicyclic) bond motifs is 1. The molecule has 1 aliphatic heterocycles. The van der Waals surface area contributed by atoms with E-state index in [2.05, 4.69) is 4.98 Å². The van der Waals surface area contributed by atoms with E-state index in [9.17, 15) is 9.59 Å². The number of H-pyrrole nitrogens is 1.